The fourth-order valence-electron chi connectivity index (χ4n) is 1.79. The molecule has 1 saturated heterocycles. The molecule has 0 aromatic carbocycles. The van der Waals surface area contributed by atoms with E-state index in [0.717, 1.165) is 4.24 Å². The maximum atomic E-state index is 8.85. The predicted molar refractivity (Wildman–Crippen MR) is 78.6 cm³/mol. The Morgan fingerprint density at radius 1 is 1.06 bits per heavy atom. The van der Waals surface area contributed by atoms with Crippen LogP contribution in [0.2, 0.25) is 8.87 Å². The van der Waals surface area contributed by atoms with Crippen LogP contribution in [0.1, 0.15) is 39.5 Å². The van der Waals surface area contributed by atoms with Gasteiger partial charge in [-0.25, -0.2) is 0 Å². The number of unbranched alkanes of at least 4 members (excludes halogenated alkanes) is 2. The van der Waals surface area contributed by atoms with Gasteiger partial charge in [-0.3, -0.25) is 0 Å². The van der Waals surface area contributed by atoms with E-state index in [-0.39, 0.29) is 0 Å². The summed E-state index contributed by atoms with van der Waals surface area (Å²) in [5, 5.41) is 17.7. The van der Waals surface area contributed by atoms with E-state index in [9.17, 15) is 0 Å². The second kappa shape index (κ2) is 7.61. The molecule has 0 saturated carbocycles. The number of rotatable bonds is 6. The molecule has 0 spiro atoms. The summed E-state index contributed by atoms with van der Waals surface area (Å²) in [6.07, 6.45) is 5.16. The van der Waals surface area contributed by atoms with Crippen molar-refractivity contribution in [2.24, 2.45) is 0 Å². The predicted octanol–water partition coefficient (Wildman–Crippen LogP) is 4.77. The van der Waals surface area contributed by atoms with Gasteiger partial charge in [0.15, 0.2) is 0 Å². The van der Waals surface area contributed by atoms with E-state index in [1.165, 1.54) is 34.6 Å². The van der Waals surface area contributed by atoms with Crippen LogP contribution < -0.4 is 0 Å². The Hall–Kier alpha value is 0.219. The summed E-state index contributed by atoms with van der Waals surface area (Å²) in [5.74, 6) is 0. The Morgan fingerprint density at radius 3 is 1.88 bits per heavy atom. The Balaban J connectivity index is 2.64. The first-order chi connectivity index (χ1) is 8.21. The van der Waals surface area contributed by atoms with Gasteiger partial charge in [0.25, 0.3) is 0 Å². The number of allylic oxidation sites excluding steroid dienone is 1. The molecule has 0 unspecified atom stereocenters. The van der Waals surface area contributed by atoms with Crippen LogP contribution in [0.3, 0.4) is 0 Å². The SMILES string of the molecule is CCC[CH2][Sn]1([CH2]CCC)[S]C(=C(C#N)C#N)[S]1. The van der Waals surface area contributed by atoms with Crippen molar-refractivity contribution in [2.45, 2.75) is 48.4 Å². The average molecular weight is 373 g/mol. The molecule has 2 nitrogen and oxygen atoms in total. The van der Waals surface area contributed by atoms with Crippen LogP contribution in [0.5, 0.6) is 0 Å². The second-order valence-electron chi connectivity index (χ2n) is 4.21. The van der Waals surface area contributed by atoms with Gasteiger partial charge >= 0.3 is 114 Å². The van der Waals surface area contributed by atoms with E-state index in [1.807, 2.05) is 30.0 Å². The Bertz CT molecular complexity index is 345. The van der Waals surface area contributed by atoms with Crippen LogP contribution >= 0.6 is 17.9 Å². The quantitative estimate of drug-likeness (QED) is 0.497. The van der Waals surface area contributed by atoms with Crippen LogP contribution in [-0.4, -0.2) is 15.6 Å². The molecule has 92 valence electrons. The normalized spacial score (nSPS) is 16.8. The molecule has 0 bridgehead atoms. The van der Waals surface area contributed by atoms with Crippen molar-refractivity contribution < 1.29 is 0 Å². The maximum absolute atomic E-state index is 8.85. The summed E-state index contributed by atoms with van der Waals surface area (Å²) >= 11 is -2.05. The third-order valence-corrected chi connectivity index (χ3v) is 32.4. The number of hydrogen-bond donors (Lipinski definition) is 0. The molecule has 1 aliphatic rings. The van der Waals surface area contributed by atoms with Crippen LogP contribution in [-0.2, 0) is 0 Å². The Kier molecular flexibility index (Phi) is 6.84. The van der Waals surface area contributed by atoms with Gasteiger partial charge in [0.2, 0.25) is 0 Å². The number of nitrogens with zero attached hydrogens (tertiary/aromatic N) is 2. The summed E-state index contributed by atoms with van der Waals surface area (Å²) < 4.78 is 3.82. The number of nitriles is 2. The van der Waals surface area contributed by atoms with E-state index in [0.29, 0.717) is 5.57 Å². The van der Waals surface area contributed by atoms with E-state index in [1.54, 1.807) is 0 Å². The molecule has 0 aromatic heterocycles. The van der Waals surface area contributed by atoms with Crippen LogP contribution in [0, 0.1) is 22.7 Å². The van der Waals surface area contributed by atoms with Gasteiger partial charge in [0, 0.05) is 0 Å². The van der Waals surface area contributed by atoms with Gasteiger partial charge in [-0.2, -0.15) is 0 Å². The van der Waals surface area contributed by atoms with Crippen LogP contribution in [0.25, 0.3) is 0 Å². The van der Waals surface area contributed by atoms with Gasteiger partial charge in [-0.05, 0) is 0 Å². The molecule has 0 radical (unpaired) electrons. The first-order valence-electron chi connectivity index (χ1n) is 6.14. The first-order valence-corrected chi connectivity index (χ1v) is 18.8. The summed E-state index contributed by atoms with van der Waals surface area (Å²) in [4.78, 5) is 0. The van der Waals surface area contributed by atoms with Crippen molar-refractivity contribution in [1.82, 2.24) is 0 Å². The van der Waals surface area contributed by atoms with Crippen molar-refractivity contribution in [1.29, 1.82) is 10.5 Å². The third kappa shape index (κ3) is 4.12. The van der Waals surface area contributed by atoms with Gasteiger partial charge in [0.05, 0.1) is 0 Å². The summed E-state index contributed by atoms with van der Waals surface area (Å²) in [5.41, 5.74) is 0.348. The molecule has 1 aliphatic heterocycles. The monoisotopic (exact) mass is 374 g/mol. The topological polar surface area (TPSA) is 47.6 Å². The van der Waals surface area contributed by atoms with Crippen molar-refractivity contribution >= 4 is 33.5 Å². The zero-order chi connectivity index (χ0) is 12.7. The Labute approximate surface area is 114 Å². The molecule has 0 N–H and O–H groups in total. The van der Waals surface area contributed by atoms with Crippen molar-refractivity contribution in [3.05, 3.63) is 9.81 Å². The van der Waals surface area contributed by atoms with E-state index in [4.69, 9.17) is 10.5 Å². The summed E-state index contributed by atoms with van der Waals surface area (Å²) in [6.45, 7) is 4.47. The molecule has 5 heteroatoms. The van der Waals surface area contributed by atoms with Crippen LogP contribution in [0.4, 0.5) is 0 Å². The standard InChI is InChI=1S/C4H2N2S2.2C4H9.Sn/c5-1-3(2-6)4(7)8;2*1-3-4-2;/h7-8H;2*1,3-4H2,2H3;/q;;;+2/p-2. The summed E-state index contributed by atoms with van der Waals surface area (Å²) in [6, 6.07) is 4.03. The Morgan fingerprint density at radius 2 is 1.53 bits per heavy atom. The third-order valence-electron chi connectivity index (χ3n) is 2.81. The van der Waals surface area contributed by atoms with Gasteiger partial charge < -0.3 is 0 Å². The van der Waals surface area contributed by atoms with Gasteiger partial charge in [-0.15, -0.1) is 0 Å². The molecule has 0 amide bonds. The molecule has 0 aliphatic carbocycles. The van der Waals surface area contributed by atoms with Gasteiger partial charge in [-0.1, -0.05) is 0 Å². The van der Waals surface area contributed by atoms with Crippen molar-refractivity contribution in [3.8, 4) is 12.1 Å². The molecular formula is C12H18N2S2Sn. The van der Waals surface area contributed by atoms with Crippen molar-refractivity contribution in [2.75, 3.05) is 0 Å². The molecule has 0 aromatic rings. The summed E-state index contributed by atoms with van der Waals surface area (Å²) in [7, 11) is 3.93. The average Bonchev–Trinajstić information content (AvgIpc) is 2.31. The fourth-order valence-corrected chi connectivity index (χ4v) is 32.2. The first kappa shape index (κ1) is 15.3. The molecule has 1 rings (SSSR count). The zero-order valence-electron chi connectivity index (χ0n) is 10.5. The minimum absolute atomic E-state index is 0.348. The molecule has 17 heavy (non-hydrogen) atoms. The molecule has 1 heterocycles. The van der Waals surface area contributed by atoms with E-state index >= 15 is 0 Å². The fraction of sp³-hybridized carbons (Fsp3) is 0.667. The van der Waals surface area contributed by atoms with E-state index in [2.05, 4.69) is 13.8 Å². The van der Waals surface area contributed by atoms with Gasteiger partial charge in [0.1, 0.15) is 0 Å². The minimum atomic E-state index is -2.05. The van der Waals surface area contributed by atoms with Crippen molar-refractivity contribution in [3.63, 3.8) is 0 Å². The van der Waals surface area contributed by atoms with Crippen LogP contribution in [0.15, 0.2) is 9.81 Å². The molecule has 0 atom stereocenters. The zero-order valence-corrected chi connectivity index (χ0v) is 14.9. The van der Waals surface area contributed by atoms with E-state index < -0.39 is 15.6 Å². The number of hydrogen-bond acceptors (Lipinski definition) is 4. The molecular weight excluding hydrogens is 355 g/mol. The molecule has 1 fully saturated rings. The second-order valence-corrected chi connectivity index (χ2v) is 29.5.